The molecule has 104 valence electrons. The van der Waals surface area contributed by atoms with Crippen molar-refractivity contribution >= 4 is 21.7 Å². The summed E-state index contributed by atoms with van der Waals surface area (Å²) in [6.07, 6.45) is 0.217. The Kier molecular flexibility index (Phi) is 4.33. The summed E-state index contributed by atoms with van der Waals surface area (Å²) >= 11 is 3.21. The molecule has 19 heavy (non-hydrogen) atoms. The predicted molar refractivity (Wildman–Crippen MR) is 69.7 cm³/mol. The fourth-order valence-corrected chi connectivity index (χ4v) is 2.85. The second-order valence-electron chi connectivity index (χ2n) is 5.01. The standard InChI is InChI=1S/C14H14BrF3O/c15-12-8-11(16)2-1-10(12)7-13(19)9-3-5-14(17,18)6-4-9/h1-2,8-9H,3-7H2. The number of Topliss-reactive ketones (excluding diaryl/α,β-unsaturated/α-hetero) is 1. The van der Waals surface area contributed by atoms with E-state index in [4.69, 9.17) is 0 Å². The summed E-state index contributed by atoms with van der Waals surface area (Å²) < 4.78 is 39.5. The molecule has 1 nitrogen and oxygen atoms in total. The van der Waals surface area contributed by atoms with E-state index >= 15 is 0 Å². The van der Waals surface area contributed by atoms with Crippen molar-refractivity contribution in [2.24, 2.45) is 5.92 Å². The minimum absolute atomic E-state index is 0.0391. The van der Waals surface area contributed by atoms with Crippen LogP contribution < -0.4 is 0 Å². The van der Waals surface area contributed by atoms with Gasteiger partial charge in [0.05, 0.1) is 0 Å². The van der Waals surface area contributed by atoms with Gasteiger partial charge in [-0.15, -0.1) is 0 Å². The van der Waals surface area contributed by atoms with Crippen LogP contribution in [0.2, 0.25) is 0 Å². The lowest BCUT2D eigenvalue weighted by atomic mass is 9.82. The van der Waals surface area contributed by atoms with Crippen molar-refractivity contribution in [3.8, 4) is 0 Å². The lowest BCUT2D eigenvalue weighted by molar-refractivity contribution is -0.126. The smallest absolute Gasteiger partial charge is 0.248 e. The fourth-order valence-electron chi connectivity index (χ4n) is 2.36. The number of halogens is 4. The summed E-state index contributed by atoms with van der Waals surface area (Å²) in [4.78, 5) is 12.1. The molecule has 0 saturated heterocycles. The largest absolute Gasteiger partial charge is 0.299 e. The molecule has 1 aliphatic carbocycles. The average Bonchev–Trinajstić information content (AvgIpc) is 2.32. The van der Waals surface area contributed by atoms with Gasteiger partial charge in [0.2, 0.25) is 5.92 Å². The molecular formula is C14H14BrF3O. The van der Waals surface area contributed by atoms with E-state index in [-0.39, 0.29) is 49.6 Å². The molecule has 1 fully saturated rings. The third kappa shape index (κ3) is 3.81. The summed E-state index contributed by atoms with van der Waals surface area (Å²) in [5, 5.41) is 0. The van der Waals surface area contributed by atoms with Gasteiger partial charge in [0.15, 0.2) is 0 Å². The van der Waals surface area contributed by atoms with Crippen LogP contribution in [0.1, 0.15) is 31.2 Å². The van der Waals surface area contributed by atoms with Crippen molar-refractivity contribution < 1.29 is 18.0 Å². The molecule has 0 amide bonds. The average molecular weight is 335 g/mol. The number of alkyl halides is 2. The molecule has 0 N–H and O–H groups in total. The van der Waals surface area contributed by atoms with Crippen LogP contribution in [-0.2, 0) is 11.2 Å². The Morgan fingerprint density at radius 1 is 1.32 bits per heavy atom. The Morgan fingerprint density at radius 2 is 1.95 bits per heavy atom. The Hall–Kier alpha value is -0.840. The van der Waals surface area contributed by atoms with E-state index < -0.39 is 5.92 Å². The van der Waals surface area contributed by atoms with Crippen LogP contribution in [-0.4, -0.2) is 11.7 Å². The van der Waals surface area contributed by atoms with Crippen LogP contribution in [0.3, 0.4) is 0 Å². The van der Waals surface area contributed by atoms with Crippen LogP contribution >= 0.6 is 15.9 Å². The molecule has 1 saturated carbocycles. The van der Waals surface area contributed by atoms with Gasteiger partial charge in [-0.3, -0.25) is 4.79 Å². The van der Waals surface area contributed by atoms with E-state index in [9.17, 15) is 18.0 Å². The van der Waals surface area contributed by atoms with Crippen LogP contribution in [0.5, 0.6) is 0 Å². The summed E-state index contributed by atoms with van der Waals surface area (Å²) in [5.41, 5.74) is 0.698. The molecule has 0 aromatic heterocycles. The quantitative estimate of drug-likeness (QED) is 0.793. The highest BCUT2D eigenvalue weighted by molar-refractivity contribution is 9.10. The van der Waals surface area contributed by atoms with Gasteiger partial charge in [0.1, 0.15) is 11.6 Å². The zero-order valence-corrected chi connectivity index (χ0v) is 11.9. The molecule has 0 radical (unpaired) electrons. The third-order valence-corrected chi connectivity index (χ3v) is 4.29. The monoisotopic (exact) mass is 334 g/mol. The normalized spacial score (nSPS) is 19.4. The van der Waals surface area contributed by atoms with Crippen molar-refractivity contribution in [3.63, 3.8) is 0 Å². The van der Waals surface area contributed by atoms with Gasteiger partial charge >= 0.3 is 0 Å². The maximum Gasteiger partial charge on any atom is 0.248 e. The highest BCUT2D eigenvalue weighted by Gasteiger charge is 2.37. The van der Waals surface area contributed by atoms with Crippen molar-refractivity contribution in [1.82, 2.24) is 0 Å². The molecule has 0 atom stereocenters. The summed E-state index contributed by atoms with van der Waals surface area (Å²) in [5.74, 6) is -3.33. The molecule has 0 spiro atoms. The first-order valence-corrected chi connectivity index (χ1v) is 7.01. The number of carbonyl (C=O) groups excluding carboxylic acids is 1. The molecular weight excluding hydrogens is 321 g/mol. The lowest BCUT2D eigenvalue weighted by Crippen LogP contribution is -2.29. The topological polar surface area (TPSA) is 17.1 Å². The highest BCUT2D eigenvalue weighted by atomic mass is 79.9. The van der Waals surface area contributed by atoms with Gasteiger partial charge in [-0.1, -0.05) is 22.0 Å². The van der Waals surface area contributed by atoms with Crippen LogP contribution in [0, 0.1) is 11.7 Å². The molecule has 2 rings (SSSR count). The zero-order valence-electron chi connectivity index (χ0n) is 10.3. The van der Waals surface area contributed by atoms with E-state index in [1.807, 2.05) is 0 Å². The van der Waals surface area contributed by atoms with E-state index in [1.54, 1.807) is 6.07 Å². The minimum Gasteiger partial charge on any atom is -0.299 e. The van der Waals surface area contributed by atoms with Crippen LogP contribution in [0.15, 0.2) is 22.7 Å². The first kappa shape index (κ1) is 14.6. The first-order chi connectivity index (χ1) is 8.87. The van der Waals surface area contributed by atoms with Crippen LogP contribution in [0.25, 0.3) is 0 Å². The molecule has 1 aromatic rings. The van der Waals surface area contributed by atoms with E-state index in [0.717, 1.165) is 0 Å². The Bertz CT molecular complexity index is 478. The zero-order chi connectivity index (χ0) is 14.0. The molecule has 5 heteroatoms. The molecule has 0 aliphatic heterocycles. The Balaban J connectivity index is 1.98. The van der Waals surface area contributed by atoms with Crippen molar-refractivity contribution in [3.05, 3.63) is 34.1 Å². The van der Waals surface area contributed by atoms with E-state index in [2.05, 4.69) is 15.9 Å². The second-order valence-corrected chi connectivity index (χ2v) is 5.86. The molecule has 1 aromatic carbocycles. The number of hydrogen-bond donors (Lipinski definition) is 0. The Morgan fingerprint density at radius 3 is 2.53 bits per heavy atom. The van der Waals surface area contributed by atoms with E-state index in [0.29, 0.717) is 10.0 Å². The summed E-state index contributed by atoms with van der Waals surface area (Å²) in [7, 11) is 0. The van der Waals surface area contributed by atoms with Gasteiger partial charge in [-0.05, 0) is 30.5 Å². The second kappa shape index (κ2) is 5.65. The van der Waals surface area contributed by atoms with Crippen molar-refractivity contribution in [2.45, 2.75) is 38.0 Å². The lowest BCUT2D eigenvalue weighted by Gasteiger charge is -2.27. The maximum absolute atomic E-state index is 13.0. The first-order valence-electron chi connectivity index (χ1n) is 6.22. The van der Waals surface area contributed by atoms with Crippen LogP contribution in [0.4, 0.5) is 13.2 Å². The van der Waals surface area contributed by atoms with E-state index in [1.165, 1.54) is 12.1 Å². The fraction of sp³-hybridized carbons (Fsp3) is 0.500. The van der Waals surface area contributed by atoms with Gasteiger partial charge in [-0.25, -0.2) is 13.2 Å². The summed E-state index contributed by atoms with van der Waals surface area (Å²) in [6.45, 7) is 0. The number of rotatable bonds is 3. The summed E-state index contributed by atoms with van der Waals surface area (Å²) in [6, 6.07) is 4.15. The molecule has 0 bridgehead atoms. The highest BCUT2D eigenvalue weighted by Crippen LogP contribution is 2.37. The number of carbonyl (C=O) groups is 1. The number of benzene rings is 1. The molecule has 0 heterocycles. The third-order valence-electron chi connectivity index (χ3n) is 3.55. The van der Waals surface area contributed by atoms with Gasteiger partial charge in [0, 0.05) is 29.7 Å². The van der Waals surface area contributed by atoms with Gasteiger partial charge in [0.25, 0.3) is 0 Å². The molecule has 0 unspecified atom stereocenters. The van der Waals surface area contributed by atoms with Gasteiger partial charge in [-0.2, -0.15) is 0 Å². The predicted octanol–water partition coefficient (Wildman–Crippen LogP) is 4.53. The SMILES string of the molecule is O=C(Cc1ccc(F)cc1Br)C1CCC(F)(F)CC1. The minimum atomic E-state index is -2.62. The van der Waals surface area contributed by atoms with Gasteiger partial charge < -0.3 is 0 Å². The maximum atomic E-state index is 13.0. The van der Waals surface area contributed by atoms with Crippen molar-refractivity contribution in [1.29, 1.82) is 0 Å². The molecule has 1 aliphatic rings. The Labute approximate surface area is 118 Å². The number of hydrogen-bond acceptors (Lipinski definition) is 1. The van der Waals surface area contributed by atoms with Crippen molar-refractivity contribution in [2.75, 3.05) is 0 Å². The number of ketones is 1.